The van der Waals surface area contributed by atoms with Gasteiger partial charge in [-0.2, -0.15) is 0 Å². The van der Waals surface area contributed by atoms with Crippen molar-refractivity contribution in [2.75, 3.05) is 5.73 Å². The van der Waals surface area contributed by atoms with E-state index in [1.807, 2.05) is 20.8 Å². The number of halogens is 1. The molecule has 0 saturated heterocycles. The van der Waals surface area contributed by atoms with Crippen molar-refractivity contribution >= 4 is 17.5 Å². The van der Waals surface area contributed by atoms with E-state index in [0.717, 1.165) is 0 Å². The van der Waals surface area contributed by atoms with Gasteiger partial charge in [0.15, 0.2) is 0 Å². The van der Waals surface area contributed by atoms with Gasteiger partial charge in [0.25, 0.3) is 0 Å². The maximum absolute atomic E-state index is 9.63. The molecule has 0 saturated carbocycles. The van der Waals surface area contributed by atoms with Gasteiger partial charge in [-0.1, -0.05) is 32.4 Å². The first kappa shape index (κ1) is 12.2. The summed E-state index contributed by atoms with van der Waals surface area (Å²) in [5, 5.41) is 9.86. The number of aliphatic hydroxyl groups excluding tert-OH is 1. The summed E-state index contributed by atoms with van der Waals surface area (Å²) < 4.78 is 0. The average molecular weight is 230 g/mol. The summed E-state index contributed by atoms with van der Waals surface area (Å²) in [6, 6.07) is 0. The van der Waals surface area contributed by atoms with Crippen LogP contribution >= 0.6 is 11.6 Å². The summed E-state index contributed by atoms with van der Waals surface area (Å²) in [5.74, 6) is 0.134. The highest BCUT2D eigenvalue weighted by Crippen LogP contribution is 2.32. The van der Waals surface area contributed by atoms with Gasteiger partial charge in [0.1, 0.15) is 5.15 Å². The van der Waals surface area contributed by atoms with Gasteiger partial charge in [0, 0.05) is 11.0 Å². The highest BCUT2D eigenvalue weighted by Gasteiger charge is 2.25. The Morgan fingerprint density at radius 3 is 2.27 bits per heavy atom. The molecule has 1 atom stereocenters. The van der Waals surface area contributed by atoms with Crippen LogP contribution in [0, 0.1) is 0 Å². The van der Waals surface area contributed by atoms with Crippen LogP contribution in [0.1, 0.15) is 45.1 Å². The van der Waals surface area contributed by atoms with Crippen molar-refractivity contribution in [1.82, 2.24) is 9.97 Å². The zero-order valence-electron chi connectivity index (χ0n) is 9.37. The average Bonchev–Trinajstić information content (AvgIpc) is 1.99. The van der Waals surface area contributed by atoms with Crippen LogP contribution in [0.3, 0.4) is 0 Å². The molecule has 1 unspecified atom stereocenters. The van der Waals surface area contributed by atoms with E-state index in [2.05, 4.69) is 9.97 Å². The molecule has 0 fully saturated rings. The van der Waals surface area contributed by atoms with Crippen molar-refractivity contribution in [2.24, 2.45) is 0 Å². The molecule has 84 valence electrons. The lowest BCUT2D eigenvalue weighted by Crippen LogP contribution is -2.20. The number of hydrogen-bond donors (Lipinski definition) is 2. The number of hydrogen-bond acceptors (Lipinski definition) is 4. The zero-order valence-corrected chi connectivity index (χ0v) is 10.1. The van der Waals surface area contributed by atoms with Gasteiger partial charge in [0.05, 0.1) is 11.8 Å². The van der Waals surface area contributed by atoms with Crippen molar-refractivity contribution in [3.63, 3.8) is 0 Å². The molecule has 4 nitrogen and oxygen atoms in total. The number of anilines is 1. The number of nitrogens with two attached hydrogens (primary N) is 1. The minimum atomic E-state index is -0.702. The van der Waals surface area contributed by atoms with E-state index in [1.54, 1.807) is 6.92 Å². The fourth-order valence-corrected chi connectivity index (χ4v) is 1.73. The third kappa shape index (κ3) is 2.58. The Morgan fingerprint density at radius 2 is 1.87 bits per heavy atom. The van der Waals surface area contributed by atoms with Crippen molar-refractivity contribution in [3.8, 4) is 0 Å². The minimum absolute atomic E-state index is 0.134. The maximum Gasteiger partial charge on any atom is 0.221 e. The molecule has 1 heterocycles. The van der Waals surface area contributed by atoms with Crippen molar-refractivity contribution in [3.05, 3.63) is 16.4 Å². The summed E-state index contributed by atoms with van der Waals surface area (Å²) >= 11 is 5.94. The molecule has 0 aromatic carbocycles. The quantitative estimate of drug-likeness (QED) is 0.723. The minimum Gasteiger partial charge on any atom is -0.389 e. The van der Waals surface area contributed by atoms with Gasteiger partial charge in [-0.25, -0.2) is 9.97 Å². The van der Waals surface area contributed by atoms with Crippen LogP contribution in [0.2, 0.25) is 5.15 Å². The molecule has 0 spiro atoms. The molecular weight excluding hydrogens is 214 g/mol. The molecule has 0 aliphatic heterocycles. The number of rotatable bonds is 1. The van der Waals surface area contributed by atoms with E-state index in [4.69, 9.17) is 17.3 Å². The molecule has 0 aliphatic carbocycles. The zero-order chi connectivity index (χ0) is 11.8. The second kappa shape index (κ2) is 3.94. The molecule has 15 heavy (non-hydrogen) atoms. The summed E-state index contributed by atoms with van der Waals surface area (Å²) in [6.45, 7) is 7.58. The van der Waals surface area contributed by atoms with Crippen LogP contribution in [0.15, 0.2) is 0 Å². The SMILES string of the molecule is CC(O)c1c(Cl)nc(N)nc1C(C)(C)C. The Bertz CT molecular complexity index is 372. The molecule has 0 radical (unpaired) electrons. The summed E-state index contributed by atoms with van der Waals surface area (Å²) in [4.78, 5) is 7.99. The molecule has 1 aromatic rings. The maximum atomic E-state index is 9.63. The Kier molecular flexibility index (Phi) is 3.21. The summed E-state index contributed by atoms with van der Waals surface area (Å²) in [5.41, 5.74) is 6.55. The Morgan fingerprint density at radius 1 is 1.33 bits per heavy atom. The number of nitrogens with zero attached hydrogens (tertiary/aromatic N) is 2. The molecule has 3 N–H and O–H groups in total. The number of aromatic nitrogens is 2. The van der Waals surface area contributed by atoms with Gasteiger partial charge in [-0.3, -0.25) is 0 Å². The van der Waals surface area contributed by atoms with Gasteiger partial charge in [-0.05, 0) is 6.92 Å². The van der Waals surface area contributed by atoms with Gasteiger partial charge < -0.3 is 10.8 Å². The van der Waals surface area contributed by atoms with E-state index < -0.39 is 6.10 Å². The molecule has 1 rings (SSSR count). The molecule has 1 aromatic heterocycles. The Balaban J connectivity index is 3.47. The van der Waals surface area contributed by atoms with E-state index in [1.165, 1.54) is 0 Å². The fraction of sp³-hybridized carbons (Fsp3) is 0.600. The Hall–Kier alpha value is -0.870. The van der Waals surface area contributed by atoms with Gasteiger partial charge >= 0.3 is 0 Å². The van der Waals surface area contributed by atoms with Crippen molar-refractivity contribution in [2.45, 2.75) is 39.2 Å². The molecule has 0 amide bonds. The molecule has 0 aliphatic rings. The second-order valence-electron chi connectivity index (χ2n) is 4.56. The highest BCUT2D eigenvalue weighted by molar-refractivity contribution is 6.30. The van der Waals surface area contributed by atoms with Crippen LogP contribution in [0.25, 0.3) is 0 Å². The lowest BCUT2D eigenvalue weighted by Gasteiger charge is -2.23. The first-order valence-electron chi connectivity index (χ1n) is 4.75. The molecule has 0 bridgehead atoms. The third-order valence-corrected chi connectivity index (χ3v) is 2.33. The predicted octanol–water partition coefficient (Wildman–Crippen LogP) is 2.06. The van der Waals surface area contributed by atoms with E-state index in [0.29, 0.717) is 11.3 Å². The van der Waals surface area contributed by atoms with Gasteiger partial charge in [-0.15, -0.1) is 0 Å². The first-order chi connectivity index (χ1) is 6.73. The standard InChI is InChI=1S/C10H16ClN3O/c1-5(15)6-7(10(2,3)4)13-9(12)14-8(6)11/h5,15H,1-4H3,(H2,12,13,14). The summed E-state index contributed by atoms with van der Waals surface area (Å²) in [6.07, 6.45) is -0.702. The van der Waals surface area contributed by atoms with E-state index >= 15 is 0 Å². The lowest BCUT2D eigenvalue weighted by atomic mass is 9.87. The smallest absolute Gasteiger partial charge is 0.221 e. The normalized spacial score (nSPS) is 14.0. The first-order valence-corrected chi connectivity index (χ1v) is 5.12. The lowest BCUT2D eigenvalue weighted by molar-refractivity contribution is 0.195. The van der Waals surface area contributed by atoms with E-state index in [-0.39, 0.29) is 16.5 Å². The molecular formula is C10H16ClN3O. The number of nitrogen functional groups attached to an aromatic ring is 1. The predicted molar refractivity (Wildman–Crippen MR) is 60.8 cm³/mol. The Labute approximate surface area is 94.5 Å². The summed E-state index contributed by atoms with van der Waals surface area (Å²) in [7, 11) is 0. The third-order valence-electron chi connectivity index (χ3n) is 2.04. The monoisotopic (exact) mass is 229 g/mol. The van der Waals surface area contributed by atoms with Crippen LogP contribution in [0.4, 0.5) is 5.95 Å². The highest BCUT2D eigenvalue weighted by atomic mass is 35.5. The van der Waals surface area contributed by atoms with Crippen LogP contribution in [-0.4, -0.2) is 15.1 Å². The van der Waals surface area contributed by atoms with Crippen LogP contribution in [0.5, 0.6) is 0 Å². The van der Waals surface area contributed by atoms with Crippen LogP contribution < -0.4 is 5.73 Å². The topological polar surface area (TPSA) is 72.0 Å². The second-order valence-corrected chi connectivity index (χ2v) is 4.92. The van der Waals surface area contributed by atoms with Crippen LogP contribution in [-0.2, 0) is 5.41 Å². The largest absolute Gasteiger partial charge is 0.389 e. The van der Waals surface area contributed by atoms with Crippen molar-refractivity contribution < 1.29 is 5.11 Å². The van der Waals surface area contributed by atoms with E-state index in [9.17, 15) is 5.11 Å². The van der Waals surface area contributed by atoms with Gasteiger partial charge in [0.2, 0.25) is 5.95 Å². The fourth-order valence-electron chi connectivity index (χ4n) is 1.40. The number of aliphatic hydroxyl groups is 1. The molecule has 5 heteroatoms. The van der Waals surface area contributed by atoms with Crippen molar-refractivity contribution in [1.29, 1.82) is 0 Å².